The molecule has 0 aliphatic rings. The molecule has 4 heteroatoms. The SMILES string of the molecule is N#Cc1ccc2c3cc(-c4ccc5cc(-c6cc7nc8ccccc8nc7c7ccccc67)ccc5c4)ccc3n(-c3ccccc3)c2c1. The fraction of sp³-hybridized carbons (Fsp3) is 0. The number of aromatic nitrogens is 3. The number of nitriles is 1. The summed E-state index contributed by atoms with van der Waals surface area (Å²) in [5, 5.41) is 16.6. The lowest BCUT2D eigenvalue weighted by Gasteiger charge is -2.12. The maximum atomic E-state index is 9.65. The zero-order valence-corrected chi connectivity index (χ0v) is 26.3. The standard InChI is InChI=1S/C45H26N4/c46-27-28-14-20-36-39-25-32(19-21-43(39)49(44(36)22-28)34-8-2-1-3-9-34)30-15-16-31-24-33(18-17-29(31)23-30)38-26-42-45(37-11-5-4-10-35(37)38)48-41-13-7-6-12-40(41)47-42/h1-26H. The highest BCUT2D eigenvalue weighted by molar-refractivity contribution is 6.13. The maximum Gasteiger partial charge on any atom is 0.0992 e. The molecule has 0 saturated heterocycles. The van der Waals surface area contributed by atoms with Crippen LogP contribution in [0.3, 0.4) is 0 Å². The summed E-state index contributed by atoms with van der Waals surface area (Å²) >= 11 is 0. The predicted octanol–water partition coefficient (Wildman–Crippen LogP) is 11.4. The van der Waals surface area contributed by atoms with Gasteiger partial charge < -0.3 is 4.57 Å². The van der Waals surface area contributed by atoms with Gasteiger partial charge in [-0.1, -0.05) is 91.0 Å². The van der Waals surface area contributed by atoms with Crippen LogP contribution < -0.4 is 0 Å². The smallest absolute Gasteiger partial charge is 0.0992 e. The molecule has 0 unspecified atom stereocenters. The van der Waals surface area contributed by atoms with Gasteiger partial charge in [-0.2, -0.15) is 5.26 Å². The molecule has 10 rings (SSSR count). The van der Waals surface area contributed by atoms with Crippen LogP contribution >= 0.6 is 0 Å². The van der Waals surface area contributed by atoms with Crippen LogP contribution in [0.15, 0.2) is 158 Å². The molecule has 0 spiro atoms. The number of benzene rings is 8. The van der Waals surface area contributed by atoms with E-state index < -0.39 is 0 Å². The first-order valence-electron chi connectivity index (χ1n) is 16.4. The number of hydrogen-bond donors (Lipinski definition) is 0. The minimum Gasteiger partial charge on any atom is -0.309 e. The molecule has 0 saturated carbocycles. The van der Waals surface area contributed by atoms with Crippen molar-refractivity contribution >= 4 is 65.4 Å². The zero-order chi connectivity index (χ0) is 32.5. The van der Waals surface area contributed by atoms with E-state index in [4.69, 9.17) is 9.97 Å². The van der Waals surface area contributed by atoms with E-state index in [-0.39, 0.29) is 0 Å². The second-order valence-corrected chi connectivity index (χ2v) is 12.6. The Balaban J connectivity index is 1.10. The summed E-state index contributed by atoms with van der Waals surface area (Å²) in [6, 6.07) is 57.5. The van der Waals surface area contributed by atoms with Crippen molar-refractivity contribution in [1.29, 1.82) is 5.26 Å². The van der Waals surface area contributed by atoms with E-state index in [1.807, 2.05) is 54.6 Å². The Kier molecular flexibility index (Phi) is 5.90. The molecule has 4 nitrogen and oxygen atoms in total. The normalized spacial score (nSPS) is 11.7. The van der Waals surface area contributed by atoms with Gasteiger partial charge in [-0.15, -0.1) is 0 Å². The minimum atomic E-state index is 0.653. The van der Waals surface area contributed by atoms with E-state index >= 15 is 0 Å². The largest absolute Gasteiger partial charge is 0.309 e. The molecule has 0 N–H and O–H groups in total. The Hall–Kier alpha value is -6.83. The summed E-state index contributed by atoms with van der Waals surface area (Å²) in [4.78, 5) is 10.0. The summed E-state index contributed by atoms with van der Waals surface area (Å²) in [7, 11) is 0. The van der Waals surface area contributed by atoms with Crippen LogP contribution in [0, 0.1) is 11.3 Å². The second-order valence-electron chi connectivity index (χ2n) is 12.6. The van der Waals surface area contributed by atoms with E-state index in [0.29, 0.717) is 5.56 Å². The van der Waals surface area contributed by atoms with Crippen molar-refractivity contribution in [3.63, 3.8) is 0 Å². The van der Waals surface area contributed by atoms with E-state index in [0.717, 1.165) is 77.2 Å². The molecule has 49 heavy (non-hydrogen) atoms. The van der Waals surface area contributed by atoms with Crippen LogP contribution in [0.1, 0.15) is 5.56 Å². The summed E-state index contributed by atoms with van der Waals surface area (Å²) in [6.45, 7) is 0. The molecular formula is C45H26N4. The topological polar surface area (TPSA) is 54.5 Å². The van der Waals surface area contributed by atoms with Gasteiger partial charge in [0.1, 0.15) is 0 Å². The van der Waals surface area contributed by atoms with Gasteiger partial charge in [0.2, 0.25) is 0 Å². The molecule has 2 heterocycles. The van der Waals surface area contributed by atoms with Gasteiger partial charge in [0.15, 0.2) is 0 Å². The number of nitrogens with zero attached hydrogens (tertiary/aromatic N) is 4. The average molecular weight is 623 g/mol. The van der Waals surface area contributed by atoms with Gasteiger partial charge >= 0.3 is 0 Å². The Morgan fingerprint density at radius 3 is 1.94 bits per heavy atom. The van der Waals surface area contributed by atoms with Crippen molar-refractivity contribution < 1.29 is 0 Å². The van der Waals surface area contributed by atoms with Crippen molar-refractivity contribution in [2.24, 2.45) is 0 Å². The third-order valence-corrected chi connectivity index (χ3v) is 9.75. The molecule has 0 fully saturated rings. The van der Waals surface area contributed by atoms with Crippen molar-refractivity contribution in [2.75, 3.05) is 0 Å². The van der Waals surface area contributed by atoms with Crippen LogP contribution in [-0.4, -0.2) is 14.5 Å². The summed E-state index contributed by atoms with van der Waals surface area (Å²) in [5.41, 5.74) is 12.1. The predicted molar refractivity (Wildman–Crippen MR) is 202 cm³/mol. The first kappa shape index (κ1) is 27.3. The molecule has 226 valence electrons. The zero-order valence-electron chi connectivity index (χ0n) is 26.3. The van der Waals surface area contributed by atoms with E-state index in [2.05, 4.69) is 114 Å². The minimum absolute atomic E-state index is 0.653. The molecule has 8 aromatic carbocycles. The van der Waals surface area contributed by atoms with Crippen LogP contribution in [0.4, 0.5) is 0 Å². The van der Waals surface area contributed by atoms with Crippen LogP contribution in [0.5, 0.6) is 0 Å². The monoisotopic (exact) mass is 622 g/mol. The number of fused-ring (bicyclic) bond motifs is 8. The van der Waals surface area contributed by atoms with Gasteiger partial charge in [0.25, 0.3) is 0 Å². The van der Waals surface area contributed by atoms with Crippen LogP contribution in [-0.2, 0) is 0 Å². The van der Waals surface area contributed by atoms with Gasteiger partial charge in [-0.25, -0.2) is 9.97 Å². The quantitative estimate of drug-likeness (QED) is 0.145. The Morgan fingerprint density at radius 2 is 1.12 bits per heavy atom. The van der Waals surface area contributed by atoms with Crippen molar-refractivity contribution in [3.05, 3.63) is 163 Å². The van der Waals surface area contributed by atoms with E-state index in [1.165, 1.54) is 16.2 Å². The molecule has 0 atom stereocenters. The molecular weight excluding hydrogens is 597 g/mol. The van der Waals surface area contributed by atoms with Gasteiger partial charge in [0.05, 0.1) is 44.7 Å². The highest BCUT2D eigenvalue weighted by Gasteiger charge is 2.15. The first-order chi connectivity index (χ1) is 24.2. The number of para-hydroxylation sites is 3. The highest BCUT2D eigenvalue weighted by Crippen LogP contribution is 2.38. The molecule has 2 aromatic heterocycles. The molecule has 0 radical (unpaired) electrons. The fourth-order valence-electron chi connectivity index (χ4n) is 7.41. The fourth-order valence-corrected chi connectivity index (χ4v) is 7.41. The maximum absolute atomic E-state index is 9.65. The van der Waals surface area contributed by atoms with Crippen molar-refractivity contribution in [3.8, 4) is 34.0 Å². The molecule has 0 aliphatic carbocycles. The van der Waals surface area contributed by atoms with E-state index in [9.17, 15) is 5.26 Å². The summed E-state index contributed by atoms with van der Waals surface area (Å²) in [6.07, 6.45) is 0. The van der Waals surface area contributed by atoms with E-state index in [1.54, 1.807) is 0 Å². The van der Waals surface area contributed by atoms with Gasteiger partial charge in [0, 0.05) is 21.8 Å². The molecule has 0 bridgehead atoms. The Bertz CT molecular complexity index is 3000. The third-order valence-electron chi connectivity index (χ3n) is 9.75. The third kappa shape index (κ3) is 4.30. The Labute approximate surface area is 281 Å². The highest BCUT2D eigenvalue weighted by atomic mass is 15.0. The van der Waals surface area contributed by atoms with Crippen LogP contribution in [0.25, 0.3) is 93.4 Å². The summed E-state index contributed by atoms with van der Waals surface area (Å²) < 4.78 is 2.25. The average Bonchev–Trinajstić information content (AvgIpc) is 3.49. The lowest BCUT2D eigenvalue weighted by atomic mass is 9.94. The number of hydrogen-bond acceptors (Lipinski definition) is 3. The second kappa shape index (κ2) is 10.6. The number of rotatable bonds is 3. The van der Waals surface area contributed by atoms with Gasteiger partial charge in [-0.3, -0.25) is 0 Å². The van der Waals surface area contributed by atoms with Crippen molar-refractivity contribution in [2.45, 2.75) is 0 Å². The molecule has 0 aliphatic heterocycles. The summed E-state index contributed by atoms with van der Waals surface area (Å²) in [5.74, 6) is 0. The lowest BCUT2D eigenvalue weighted by molar-refractivity contribution is 1.18. The first-order valence-corrected chi connectivity index (χ1v) is 16.4. The van der Waals surface area contributed by atoms with Crippen LogP contribution in [0.2, 0.25) is 0 Å². The molecule has 0 amide bonds. The van der Waals surface area contributed by atoms with Crippen molar-refractivity contribution in [1.82, 2.24) is 14.5 Å². The molecule has 10 aromatic rings. The van der Waals surface area contributed by atoms with Gasteiger partial charge in [-0.05, 0) is 105 Å². The lowest BCUT2D eigenvalue weighted by Crippen LogP contribution is -1.93. The Morgan fingerprint density at radius 1 is 0.449 bits per heavy atom.